The number of hydrogen-bond donors (Lipinski definition) is 2. The molecule has 126 valence electrons. The molecule has 0 fully saturated rings. The van der Waals surface area contributed by atoms with Gasteiger partial charge in [-0.3, -0.25) is 14.5 Å². The lowest BCUT2D eigenvalue weighted by atomic mass is 9.89. The number of hydrogen-bond acceptors (Lipinski definition) is 3. The van der Waals surface area contributed by atoms with Crippen molar-refractivity contribution >= 4 is 11.9 Å². The number of carboxylic acid groups (broad SMARTS) is 1. The summed E-state index contributed by atoms with van der Waals surface area (Å²) in [6.07, 6.45) is 4.75. The third kappa shape index (κ3) is 4.55. The van der Waals surface area contributed by atoms with E-state index in [2.05, 4.69) is 23.5 Å². The zero-order valence-corrected chi connectivity index (χ0v) is 14.1. The molecule has 5 heteroatoms. The number of benzene rings is 1. The Labute approximate surface area is 137 Å². The van der Waals surface area contributed by atoms with Gasteiger partial charge in [0.25, 0.3) is 0 Å². The first-order chi connectivity index (χ1) is 10.9. The normalized spacial score (nSPS) is 16.5. The van der Waals surface area contributed by atoms with Crippen LogP contribution in [0.25, 0.3) is 0 Å². The van der Waals surface area contributed by atoms with Crippen molar-refractivity contribution in [3.63, 3.8) is 0 Å². The summed E-state index contributed by atoms with van der Waals surface area (Å²) in [6.45, 7) is 3.61. The maximum Gasteiger partial charge on any atom is 0.320 e. The predicted molar refractivity (Wildman–Crippen MR) is 89.4 cm³/mol. The fourth-order valence-corrected chi connectivity index (χ4v) is 2.95. The van der Waals surface area contributed by atoms with Gasteiger partial charge in [0.05, 0.1) is 12.6 Å². The van der Waals surface area contributed by atoms with E-state index in [1.807, 2.05) is 6.92 Å². The van der Waals surface area contributed by atoms with Gasteiger partial charge in [0.15, 0.2) is 0 Å². The topological polar surface area (TPSA) is 69.6 Å². The monoisotopic (exact) mass is 318 g/mol. The Morgan fingerprint density at radius 3 is 2.52 bits per heavy atom. The van der Waals surface area contributed by atoms with Crippen molar-refractivity contribution in [3.8, 4) is 0 Å². The zero-order valence-electron chi connectivity index (χ0n) is 14.1. The summed E-state index contributed by atoms with van der Waals surface area (Å²) in [6, 6.07) is 5.69. The Morgan fingerprint density at radius 1 is 1.22 bits per heavy atom. The molecule has 0 heterocycles. The summed E-state index contributed by atoms with van der Waals surface area (Å²) in [5.41, 5.74) is 3.92. The number of aliphatic carboxylic acids is 1. The van der Waals surface area contributed by atoms with Crippen LogP contribution in [-0.2, 0) is 22.4 Å². The van der Waals surface area contributed by atoms with Gasteiger partial charge in [-0.25, -0.2) is 0 Å². The second-order valence-corrected chi connectivity index (χ2v) is 6.45. The summed E-state index contributed by atoms with van der Waals surface area (Å²) in [5, 5.41) is 11.9. The van der Waals surface area contributed by atoms with Gasteiger partial charge in [-0.1, -0.05) is 18.2 Å². The Balaban J connectivity index is 1.94. The summed E-state index contributed by atoms with van der Waals surface area (Å²) >= 11 is 0. The van der Waals surface area contributed by atoms with Gasteiger partial charge in [-0.15, -0.1) is 0 Å². The molecule has 0 aliphatic heterocycles. The van der Waals surface area contributed by atoms with Gasteiger partial charge < -0.3 is 10.4 Å². The van der Waals surface area contributed by atoms with Gasteiger partial charge >= 0.3 is 5.97 Å². The van der Waals surface area contributed by atoms with Crippen molar-refractivity contribution in [2.75, 3.05) is 13.6 Å². The first-order valence-corrected chi connectivity index (χ1v) is 8.22. The molecule has 5 nitrogen and oxygen atoms in total. The summed E-state index contributed by atoms with van der Waals surface area (Å²) in [7, 11) is 1.64. The molecule has 2 N–H and O–H groups in total. The molecular formula is C18H26N2O3. The molecule has 0 radical (unpaired) electrons. The number of nitrogens with one attached hydrogen (secondary N) is 1. The van der Waals surface area contributed by atoms with Crippen LogP contribution in [0, 0.1) is 0 Å². The van der Waals surface area contributed by atoms with E-state index in [1.165, 1.54) is 28.9 Å². The van der Waals surface area contributed by atoms with Crippen LogP contribution >= 0.6 is 0 Å². The van der Waals surface area contributed by atoms with Crippen molar-refractivity contribution in [2.24, 2.45) is 0 Å². The molecule has 23 heavy (non-hydrogen) atoms. The Hall–Kier alpha value is -1.88. The van der Waals surface area contributed by atoms with Gasteiger partial charge in [0.2, 0.25) is 5.91 Å². The van der Waals surface area contributed by atoms with Crippen LogP contribution in [-0.4, -0.2) is 41.5 Å². The number of carboxylic acids is 1. The third-order valence-electron chi connectivity index (χ3n) is 4.66. The van der Waals surface area contributed by atoms with E-state index in [4.69, 9.17) is 5.11 Å². The van der Waals surface area contributed by atoms with Gasteiger partial charge in [0, 0.05) is 0 Å². The fraction of sp³-hybridized carbons (Fsp3) is 0.556. The summed E-state index contributed by atoms with van der Waals surface area (Å²) in [5.74, 6) is -1.09. The van der Waals surface area contributed by atoms with Crippen LogP contribution in [0.15, 0.2) is 18.2 Å². The maximum absolute atomic E-state index is 12.1. The fourth-order valence-electron chi connectivity index (χ4n) is 2.95. The minimum atomic E-state index is -0.928. The highest BCUT2D eigenvalue weighted by molar-refractivity contribution is 5.80. The molecule has 0 saturated carbocycles. The molecule has 0 spiro atoms. The molecule has 2 atom stereocenters. The van der Waals surface area contributed by atoms with Crippen molar-refractivity contribution in [3.05, 3.63) is 34.9 Å². The lowest BCUT2D eigenvalue weighted by Gasteiger charge is -2.23. The predicted octanol–water partition coefficient (Wildman–Crippen LogP) is 2.15. The second kappa shape index (κ2) is 7.59. The Kier molecular flexibility index (Phi) is 5.77. The number of rotatable bonds is 6. The van der Waals surface area contributed by atoms with Crippen molar-refractivity contribution in [2.45, 2.75) is 51.6 Å². The van der Waals surface area contributed by atoms with Crippen LogP contribution < -0.4 is 5.32 Å². The van der Waals surface area contributed by atoms with Crippen molar-refractivity contribution < 1.29 is 14.7 Å². The van der Waals surface area contributed by atoms with Crippen LogP contribution in [0.2, 0.25) is 0 Å². The van der Waals surface area contributed by atoms with E-state index in [0.717, 1.165) is 18.4 Å². The van der Waals surface area contributed by atoms with E-state index in [0.29, 0.717) is 0 Å². The smallest absolute Gasteiger partial charge is 0.320 e. The maximum atomic E-state index is 12.1. The lowest BCUT2D eigenvalue weighted by Crippen LogP contribution is -2.43. The number of carbonyl (C=O) groups is 2. The number of fused-ring (bicyclic) bond motifs is 1. The molecule has 0 aromatic heterocycles. The second-order valence-electron chi connectivity index (χ2n) is 6.45. The van der Waals surface area contributed by atoms with E-state index >= 15 is 0 Å². The lowest BCUT2D eigenvalue weighted by molar-refractivity contribution is -0.142. The van der Waals surface area contributed by atoms with Crippen LogP contribution in [0.5, 0.6) is 0 Å². The molecule has 1 aromatic rings. The standard InChI is InChI=1S/C18H26N2O3/c1-12(19-17(21)11-20(3)13(2)18(22)23)15-9-8-14-6-4-5-7-16(14)10-15/h8-10,12-13H,4-7,11H2,1-3H3,(H,19,21)(H,22,23). The van der Waals surface area contributed by atoms with Crippen molar-refractivity contribution in [1.82, 2.24) is 10.2 Å². The van der Waals surface area contributed by atoms with Gasteiger partial charge in [-0.05, 0) is 63.3 Å². The number of amides is 1. The van der Waals surface area contributed by atoms with Crippen LogP contribution in [0.1, 0.15) is 49.4 Å². The highest BCUT2D eigenvalue weighted by atomic mass is 16.4. The first-order valence-electron chi connectivity index (χ1n) is 8.22. The first kappa shape index (κ1) is 17.5. The number of aryl methyl sites for hydroxylation is 2. The molecule has 1 amide bonds. The largest absolute Gasteiger partial charge is 0.480 e. The van der Waals surface area contributed by atoms with Crippen molar-refractivity contribution in [1.29, 1.82) is 0 Å². The molecule has 0 saturated heterocycles. The highest BCUT2D eigenvalue weighted by Crippen LogP contribution is 2.24. The third-order valence-corrected chi connectivity index (χ3v) is 4.66. The Bertz CT molecular complexity index is 586. The highest BCUT2D eigenvalue weighted by Gasteiger charge is 2.20. The quantitative estimate of drug-likeness (QED) is 0.843. The molecular weight excluding hydrogens is 292 g/mol. The molecule has 1 aromatic carbocycles. The Morgan fingerprint density at radius 2 is 1.87 bits per heavy atom. The van der Waals surface area contributed by atoms with Crippen LogP contribution in [0.4, 0.5) is 0 Å². The number of nitrogens with zero attached hydrogens (tertiary/aromatic N) is 1. The minimum absolute atomic E-state index is 0.0722. The minimum Gasteiger partial charge on any atom is -0.480 e. The number of likely N-dealkylation sites (N-methyl/N-ethyl adjacent to an activating group) is 1. The van der Waals surface area contributed by atoms with Gasteiger partial charge in [-0.2, -0.15) is 0 Å². The SMILES string of the molecule is CC(NC(=O)CN(C)C(C)C(=O)O)c1ccc2c(c1)CCCC2. The van der Waals surface area contributed by atoms with E-state index in [9.17, 15) is 9.59 Å². The van der Waals surface area contributed by atoms with Gasteiger partial charge in [0.1, 0.15) is 6.04 Å². The molecule has 0 bridgehead atoms. The average molecular weight is 318 g/mol. The van der Waals surface area contributed by atoms with Crippen LogP contribution in [0.3, 0.4) is 0 Å². The zero-order chi connectivity index (χ0) is 17.0. The summed E-state index contributed by atoms with van der Waals surface area (Å²) < 4.78 is 0. The van der Waals surface area contributed by atoms with E-state index in [1.54, 1.807) is 14.0 Å². The average Bonchev–Trinajstić information content (AvgIpc) is 2.53. The molecule has 1 aliphatic rings. The summed E-state index contributed by atoms with van der Waals surface area (Å²) in [4.78, 5) is 24.6. The molecule has 1 aliphatic carbocycles. The molecule has 2 unspecified atom stereocenters. The van der Waals surface area contributed by atoms with E-state index in [-0.39, 0.29) is 18.5 Å². The molecule has 2 rings (SSSR count). The number of carbonyl (C=O) groups excluding carboxylic acids is 1. The van der Waals surface area contributed by atoms with E-state index < -0.39 is 12.0 Å².